The first-order chi connectivity index (χ1) is 25.8. The highest BCUT2D eigenvalue weighted by atomic mass is 31.2. The quantitative estimate of drug-likeness (QED) is 0.0693. The van der Waals surface area contributed by atoms with Crippen LogP contribution in [0.1, 0.15) is 40.5 Å². The van der Waals surface area contributed by atoms with Crippen LogP contribution in [0.2, 0.25) is 0 Å². The van der Waals surface area contributed by atoms with Crippen LogP contribution in [0.5, 0.6) is 0 Å². The molecule has 0 aromatic carbocycles. The third-order valence-electron chi connectivity index (χ3n) is 5.97. The van der Waals surface area contributed by atoms with Gasteiger partial charge in [0.1, 0.15) is 0 Å². The van der Waals surface area contributed by atoms with Crippen molar-refractivity contribution in [2.24, 2.45) is 0 Å². The van der Waals surface area contributed by atoms with E-state index in [1.54, 1.807) is 0 Å². The summed E-state index contributed by atoms with van der Waals surface area (Å²) in [6.45, 7) is 14.6. The summed E-state index contributed by atoms with van der Waals surface area (Å²) in [6, 6.07) is 4.47. The predicted octanol–water partition coefficient (Wildman–Crippen LogP) is 3.48. The third kappa shape index (κ3) is 32.5. The van der Waals surface area contributed by atoms with Gasteiger partial charge < -0.3 is 52.1 Å². The average Bonchev–Trinajstić information content (AvgIpc) is 3.12. The first kappa shape index (κ1) is 49.1. The zero-order valence-electron chi connectivity index (χ0n) is 32.5. The number of nitriles is 2. The van der Waals surface area contributed by atoms with Gasteiger partial charge in [-0.05, 0) is 27.7 Å². The second-order valence-electron chi connectivity index (χ2n) is 10.8. The molecule has 0 amide bonds. The van der Waals surface area contributed by atoms with Crippen LogP contribution in [0.4, 0.5) is 0 Å². The highest BCUT2D eigenvalue weighted by Gasteiger charge is 2.27. The molecule has 1 N–H and O–H groups in total. The lowest BCUT2D eigenvalue weighted by Gasteiger charge is -2.35. The number of phosphoric ester groups is 1. The maximum absolute atomic E-state index is 12.9. The van der Waals surface area contributed by atoms with Gasteiger partial charge in [-0.15, -0.1) is 0 Å². The Kier molecular flexibility index (Phi) is 36.2. The van der Waals surface area contributed by atoms with Crippen molar-refractivity contribution < 1.29 is 70.2 Å². The Morgan fingerprint density at radius 3 is 1.25 bits per heavy atom. The first-order valence-corrected chi connectivity index (χ1v) is 20.2. The second-order valence-corrected chi connectivity index (χ2v) is 14.0. The molecule has 20 heteroatoms. The van der Waals surface area contributed by atoms with Crippen molar-refractivity contribution in [3.63, 3.8) is 0 Å². The maximum Gasteiger partial charge on any atom is 0.474 e. The molecule has 0 aromatic heterocycles. The minimum absolute atomic E-state index is 0.0281. The van der Waals surface area contributed by atoms with Gasteiger partial charge in [0, 0.05) is 12.1 Å². The van der Waals surface area contributed by atoms with Crippen molar-refractivity contribution in [3.05, 3.63) is 0 Å². The Morgan fingerprint density at radius 1 is 0.538 bits per heavy atom. The smallest absolute Gasteiger partial charge is 0.394 e. The Bertz CT molecular complexity index is 930. The number of hydrogen-bond donors (Lipinski definition) is 1. The van der Waals surface area contributed by atoms with Gasteiger partial charge in [-0.2, -0.15) is 10.5 Å². The Morgan fingerprint density at radius 2 is 0.865 bits per heavy atom. The van der Waals surface area contributed by atoms with Crippen molar-refractivity contribution in [1.82, 2.24) is 4.67 Å². The summed E-state index contributed by atoms with van der Waals surface area (Å²) in [7, 11) is -5.20. The van der Waals surface area contributed by atoms with Crippen molar-refractivity contribution in [2.75, 3.05) is 145 Å². The molecule has 0 aliphatic rings. The van der Waals surface area contributed by atoms with Crippen LogP contribution in [0, 0.1) is 22.7 Å². The second kappa shape index (κ2) is 38.3. The fraction of sp³-hybridized carbons (Fsp3) is 0.938. The molecule has 0 rings (SSSR count). The van der Waals surface area contributed by atoms with E-state index < -0.39 is 16.3 Å². The van der Waals surface area contributed by atoms with Crippen molar-refractivity contribution in [3.8, 4) is 12.1 Å². The number of aliphatic hydroxyl groups is 1. The Labute approximate surface area is 313 Å². The molecule has 18 nitrogen and oxygen atoms in total. The van der Waals surface area contributed by atoms with E-state index in [1.807, 2.05) is 6.07 Å². The summed E-state index contributed by atoms with van der Waals surface area (Å²) in [5.74, 6) is 0. The number of ether oxygens (including phenoxy) is 8. The van der Waals surface area contributed by atoms with Crippen LogP contribution >= 0.6 is 16.3 Å². The Hall–Kier alpha value is -0.960. The van der Waals surface area contributed by atoms with Gasteiger partial charge in [0.15, 0.2) is 0 Å². The lowest BCUT2D eigenvalue weighted by Crippen LogP contribution is -2.34. The highest BCUT2D eigenvalue weighted by Crippen LogP contribution is 2.49. The summed E-state index contributed by atoms with van der Waals surface area (Å²) >= 11 is 0. The molecular weight excluding hydrogens is 728 g/mol. The van der Waals surface area contributed by atoms with Gasteiger partial charge in [-0.1, -0.05) is 0 Å². The summed E-state index contributed by atoms with van der Waals surface area (Å²) < 4.78 is 92.6. The summed E-state index contributed by atoms with van der Waals surface area (Å²) in [4.78, 5) is 0. The molecule has 0 radical (unpaired) electrons. The molecule has 306 valence electrons. The van der Waals surface area contributed by atoms with Gasteiger partial charge in [0.2, 0.25) is 1.43 Å². The van der Waals surface area contributed by atoms with Crippen LogP contribution in [-0.4, -0.2) is 169 Å². The Balaban J connectivity index is 3.86. The van der Waals surface area contributed by atoms with Crippen molar-refractivity contribution in [1.29, 1.82) is 12.0 Å². The number of rotatable bonds is 42. The van der Waals surface area contributed by atoms with E-state index in [2.05, 4.69) is 43.5 Å². The molecule has 2 atom stereocenters. The molecule has 0 aliphatic heterocycles. The van der Waals surface area contributed by atoms with E-state index in [0.717, 1.165) is 0 Å². The van der Waals surface area contributed by atoms with Crippen LogP contribution in [-0.2, 0) is 65.1 Å². The van der Waals surface area contributed by atoms with E-state index in [9.17, 15) is 4.57 Å². The fourth-order valence-corrected chi connectivity index (χ4v) is 6.51. The van der Waals surface area contributed by atoms with Crippen molar-refractivity contribution in [2.45, 2.75) is 52.6 Å². The first-order valence-electron chi connectivity index (χ1n) is 18.0. The molecule has 2 unspecified atom stereocenters. The fourth-order valence-electron chi connectivity index (χ4n) is 3.80. The third-order valence-corrected chi connectivity index (χ3v) is 9.57. The van der Waals surface area contributed by atoms with Gasteiger partial charge in [-0.3, -0.25) is 13.6 Å². The van der Waals surface area contributed by atoms with Crippen LogP contribution in [0.15, 0.2) is 0 Å². The molecular formula is C32H63N3O15P2. The summed E-state index contributed by atoms with van der Waals surface area (Å²) in [5, 5.41) is 21.7. The molecule has 0 aromatic rings. The lowest BCUT2D eigenvalue weighted by molar-refractivity contribution is -0.0125. The number of nitrogens with zero attached hydrogens (tertiary/aromatic N) is 3. The van der Waals surface area contributed by atoms with E-state index in [-0.39, 0.29) is 58.1 Å². The van der Waals surface area contributed by atoms with Gasteiger partial charge >= 0.3 is 7.82 Å². The minimum atomic E-state index is -3.91. The summed E-state index contributed by atoms with van der Waals surface area (Å²) in [5.41, 5.74) is 0. The molecule has 0 saturated heterocycles. The molecule has 0 aliphatic carbocycles. The normalized spacial score (nSPS) is 13.8. The van der Waals surface area contributed by atoms with Gasteiger partial charge in [-0.25, -0.2) is 9.24 Å². The van der Waals surface area contributed by atoms with Crippen LogP contribution in [0.25, 0.3) is 0 Å². The standard InChI is InChI=1S/C32H63N3O15P2/c1-31(2)35(32(3)4)51(46-10-5-7-33)47-28-25-43-22-19-40-17-18-42-21-24-45-27-30-50-52(37,48-11-6-8-34)49-29-26-44-23-20-41-16-15-39-14-13-38-12-9-36/h31-32,36H,5-6,9-30H2,1-4H3/i36D. The number of phosphoric acid groups is 1. The van der Waals surface area contributed by atoms with Crippen LogP contribution < -0.4 is 0 Å². The van der Waals surface area contributed by atoms with E-state index in [1.165, 1.54) is 0 Å². The highest BCUT2D eigenvalue weighted by molar-refractivity contribution is 7.48. The maximum atomic E-state index is 12.9. The SMILES string of the molecule is [2H]OCCOCCOCCOCCOCCOP(=O)(OCCC#N)OCCOCCOCCOCCOCCOP(OCCC#N)N(C(C)C)C(C)C. The molecule has 0 heterocycles. The van der Waals surface area contributed by atoms with E-state index >= 15 is 0 Å². The largest absolute Gasteiger partial charge is 0.474 e. The van der Waals surface area contributed by atoms with Gasteiger partial charge in [0.25, 0.3) is 8.53 Å². The van der Waals surface area contributed by atoms with Gasteiger partial charge in [0.05, 0.1) is 170 Å². The topological polar surface area (TPSA) is 208 Å². The lowest BCUT2D eigenvalue weighted by atomic mass is 10.3. The zero-order chi connectivity index (χ0) is 39.1. The number of hydrogen-bond acceptors (Lipinski definition) is 18. The average molecular weight is 793 g/mol. The number of aliphatic hydroxyl groups excluding tert-OH is 1. The monoisotopic (exact) mass is 792 g/mol. The van der Waals surface area contributed by atoms with Crippen LogP contribution in [0.3, 0.4) is 0 Å². The van der Waals surface area contributed by atoms with E-state index in [4.69, 9.17) is 72.5 Å². The molecule has 0 bridgehead atoms. The molecule has 0 fully saturated rings. The summed E-state index contributed by atoms with van der Waals surface area (Å²) in [6.07, 6.45) is 0.341. The predicted molar refractivity (Wildman–Crippen MR) is 190 cm³/mol. The molecule has 52 heavy (non-hydrogen) atoms. The zero-order valence-corrected chi connectivity index (χ0v) is 33.3. The molecule has 0 spiro atoms. The van der Waals surface area contributed by atoms with Crippen molar-refractivity contribution >= 4 is 16.3 Å². The van der Waals surface area contributed by atoms with E-state index in [0.29, 0.717) is 112 Å². The molecule has 0 saturated carbocycles. The minimum Gasteiger partial charge on any atom is -0.394 e.